The van der Waals surface area contributed by atoms with E-state index in [1.807, 2.05) is 18.7 Å². The molecule has 0 bridgehead atoms. The first-order valence-electron chi connectivity index (χ1n) is 5.62. The van der Waals surface area contributed by atoms with E-state index >= 15 is 0 Å². The highest BCUT2D eigenvalue weighted by molar-refractivity contribution is 8.00. The van der Waals surface area contributed by atoms with E-state index in [4.69, 9.17) is 5.73 Å². The lowest BCUT2D eigenvalue weighted by molar-refractivity contribution is 1.13. The van der Waals surface area contributed by atoms with E-state index in [-0.39, 0.29) is 0 Å². The second-order valence-corrected chi connectivity index (χ2v) is 6.16. The quantitative estimate of drug-likeness (QED) is 0.852. The van der Waals surface area contributed by atoms with Crippen LogP contribution in [0.1, 0.15) is 23.7 Å². The van der Waals surface area contributed by atoms with Gasteiger partial charge >= 0.3 is 0 Å². The number of rotatable bonds is 4. The van der Waals surface area contributed by atoms with E-state index in [9.17, 15) is 0 Å². The number of aryl methyl sites for hydroxylation is 2. The molecule has 1 aromatic carbocycles. The number of aromatic nitrogens is 1. The third kappa shape index (κ3) is 3.23. The fourth-order valence-electron chi connectivity index (χ4n) is 1.56. The molecule has 1 heterocycles. The predicted octanol–water partition coefficient (Wildman–Crippen LogP) is 3.89. The summed E-state index contributed by atoms with van der Waals surface area (Å²) in [5.74, 6) is 0.979. The smallest absolute Gasteiger partial charge is 0.181 e. The van der Waals surface area contributed by atoms with Gasteiger partial charge in [-0.25, -0.2) is 4.98 Å². The van der Waals surface area contributed by atoms with Gasteiger partial charge in [0.25, 0.3) is 0 Å². The molecule has 2 aromatic rings. The molecule has 17 heavy (non-hydrogen) atoms. The zero-order valence-electron chi connectivity index (χ0n) is 10.1. The molecule has 0 amide bonds. The Morgan fingerprint density at radius 3 is 2.41 bits per heavy atom. The topological polar surface area (TPSA) is 38.9 Å². The van der Waals surface area contributed by atoms with Crippen LogP contribution >= 0.6 is 23.1 Å². The minimum atomic E-state index is 0.659. The summed E-state index contributed by atoms with van der Waals surface area (Å²) in [5, 5.41) is 0.659. The van der Waals surface area contributed by atoms with E-state index < -0.39 is 0 Å². The monoisotopic (exact) mass is 264 g/mol. The molecule has 0 fully saturated rings. The minimum absolute atomic E-state index is 0.659. The first-order chi connectivity index (χ1) is 8.19. The van der Waals surface area contributed by atoms with Gasteiger partial charge in [0.05, 0.1) is 9.90 Å². The summed E-state index contributed by atoms with van der Waals surface area (Å²) >= 11 is 3.38. The van der Waals surface area contributed by atoms with Gasteiger partial charge in [-0.05, 0) is 24.5 Å². The Balaban J connectivity index is 1.99. The molecular weight excluding hydrogens is 248 g/mol. The highest BCUT2D eigenvalue weighted by Crippen LogP contribution is 2.32. The third-order valence-corrected chi connectivity index (χ3v) is 4.99. The van der Waals surface area contributed by atoms with Crippen molar-refractivity contribution in [3.05, 3.63) is 41.1 Å². The number of hydrogen-bond acceptors (Lipinski definition) is 4. The number of anilines is 1. The predicted molar refractivity (Wildman–Crippen MR) is 76.6 cm³/mol. The molecule has 0 saturated heterocycles. The Morgan fingerprint density at radius 1 is 1.24 bits per heavy atom. The van der Waals surface area contributed by atoms with E-state index in [0.717, 1.165) is 17.9 Å². The molecule has 0 radical (unpaired) electrons. The highest BCUT2D eigenvalue weighted by atomic mass is 32.2. The van der Waals surface area contributed by atoms with Crippen LogP contribution in [-0.2, 0) is 12.2 Å². The van der Waals surface area contributed by atoms with Crippen LogP contribution in [0.5, 0.6) is 0 Å². The van der Waals surface area contributed by atoms with Gasteiger partial charge in [-0.1, -0.05) is 42.5 Å². The van der Waals surface area contributed by atoms with Gasteiger partial charge in [0.15, 0.2) is 5.13 Å². The first kappa shape index (κ1) is 12.5. The van der Waals surface area contributed by atoms with E-state index in [0.29, 0.717) is 5.13 Å². The Kier molecular flexibility index (Phi) is 4.07. The molecule has 0 saturated carbocycles. The molecule has 0 atom stereocenters. The van der Waals surface area contributed by atoms with Crippen molar-refractivity contribution in [1.82, 2.24) is 4.98 Å². The minimum Gasteiger partial charge on any atom is -0.375 e. The fourth-order valence-corrected chi connectivity index (χ4v) is 3.54. The third-order valence-electron chi connectivity index (χ3n) is 2.57. The Bertz CT molecular complexity index is 489. The summed E-state index contributed by atoms with van der Waals surface area (Å²) in [7, 11) is 0. The van der Waals surface area contributed by atoms with E-state index in [1.165, 1.54) is 15.3 Å². The van der Waals surface area contributed by atoms with E-state index in [1.54, 1.807) is 11.3 Å². The lowest BCUT2D eigenvalue weighted by Crippen LogP contribution is -1.83. The highest BCUT2D eigenvalue weighted by Gasteiger charge is 2.05. The van der Waals surface area contributed by atoms with Crippen LogP contribution in [0.25, 0.3) is 0 Å². The number of nitrogens with two attached hydrogens (primary N) is 1. The van der Waals surface area contributed by atoms with Crippen LogP contribution in [0, 0.1) is 6.92 Å². The second kappa shape index (κ2) is 5.56. The van der Waals surface area contributed by atoms with Crippen molar-refractivity contribution in [1.29, 1.82) is 0 Å². The first-order valence-corrected chi connectivity index (χ1v) is 7.42. The Labute approximate surface area is 110 Å². The molecule has 0 spiro atoms. The van der Waals surface area contributed by atoms with Crippen LogP contribution in [0.2, 0.25) is 0 Å². The number of thioether (sulfide) groups is 1. The average molecular weight is 264 g/mol. The molecule has 0 aliphatic rings. The zero-order valence-corrected chi connectivity index (χ0v) is 11.7. The average Bonchev–Trinajstić information content (AvgIpc) is 2.66. The van der Waals surface area contributed by atoms with Crippen LogP contribution in [0.3, 0.4) is 0 Å². The van der Waals surface area contributed by atoms with Crippen molar-refractivity contribution in [2.75, 3.05) is 5.73 Å². The maximum atomic E-state index is 5.68. The van der Waals surface area contributed by atoms with Crippen molar-refractivity contribution in [2.45, 2.75) is 30.2 Å². The maximum absolute atomic E-state index is 5.68. The van der Waals surface area contributed by atoms with Gasteiger partial charge in [-0.3, -0.25) is 0 Å². The SMILES string of the molecule is CCc1ccc(CSc2sc(N)nc2C)cc1. The van der Waals surface area contributed by atoms with Crippen LogP contribution in [0.15, 0.2) is 28.5 Å². The lowest BCUT2D eigenvalue weighted by atomic mass is 10.1. The van der Waals surface area contributed by atoms with Gasteiger partial charge in [-0.2, -0.15) is 0 Å². The molecule has 0 aliphatic heterocycles. The van der Waals surface area contributed by atoms with E-state index in [2.05, 4.69) is 36.2 Å². The number of nitrogen functional groups attached to an aromatic ring is 1. The van der Waals surface area contributed by atoms with Gasteiger partial charge in [0.1, 0.15) is 0 Å². The molecule has 0 aliphatic carbocycles. The molecule has 0 unspecified atom stereocenters. The van der Waals surface area contributed by atoms with Crippen LogP contribution in [0.4, 0.5) is 5.13 Å². The second-order valence-electron chi connectivity index (χ2n) is 3.88. The molecule has 2 rings (SSSR count). The standard InChI is InChI=1S/C13H16N2S2/c1-3-10-4-6-11(7-5-10)8-16-12-9(2)15-13(14)17-12/h4-7H,3,8H2,1-2H3,(H2,14,15). The summed E-state index contributed by atoms with van der Waals surface area (Å²) in [5.41, 5.74) is 9.46. The van der Waals surface area contributed by atoms with Crippen molar-refractivity contribution < 1.29 is 0 Å². The molecular formula is C13H16N2S2. The summed E-state index contributed by atoms with van der Waals surface area (Å²) in [6.45, 7) is 4.18. The van der Waals surface area contributed by atoms with Gasteiger partial charge in [0, 0.05) is 5.75 Å². The lowest BCUT2D eigenvalue weighted by Gasteiger charge is -2.02. The number of benzene rings is 1. The van der Waals surface area contributed by atoms with Gasteiger partial charge < -0.3 is 5.73 Å². The summed E-state index contributed by atoms with van der Waals surface area (Å²) in [4.78, 5) is 4.23. The Morgan fingerprint density at radius 2 is 1.88 bits per heavy atom. The normalized spacial score (nSPS) is 10.7. The van der Waals surface area contributed by atoms with Crippen molar-refractivity contribution >= 4 is 28.2 Å². The van der Waals surface area contributed by atoms with Gasteiger partial charge in [0.2, 0.25) is 0 Å². The largest absolute Gasteiger partial charge is 0.375 e. The molecule has 1 aromatic heterocycles. The molecule has 4 heteroatoms. The van der Waals surface area contributed by atoms with Crippen LogP contribution < -0.4 is 5.73 Å². The fraction of sp³-hybridized carbons (Fsp3) is 0.308. The Hall–Kier alpha value is -1.00. The summed E-state index contributed by atoms with van der Waals surface area (Å²) < 4.78 is 1.22. The van der Waals surface area contributed by atoms with Crippen LogP contribution in [-0.4, -0.2) is 4.98 Å². The molecule has 90 valence electrons. The van der Waals surface area contributed by atoms with Crippen molar-refractivity contribution in [2.24, 2.45) is 0 Å². The zero-order chi connectivity index (χ0) is 12.3. The number of hydrogen-bond donors (Lipinski definition) is 1. The number of nitrogens with zero attached hydrogens (tertiary/aromatic N) is 1. The molecule has 2 nitrogen and oxygen atoms in total. The van der Waals surface area contributed by atoms with Gasteiger partial charge in [-0.15, -0.1) is 11.8 Å². The summed E-state index contributed by atoms with van der Waals surface area (Å²) in [6, 6.07) is 8.80. The number of thiazole rings is 1. The summed E-state index contributed by atoms with van der Waals surface area (Å²) in [6.07, 6.45) is 1.10. The molecule has 2 N–H and O–H groups in total. The van der Waals surface area contributed by atoms with Crippen molar-refractivity contribution in [3.8, 4) is 0 Å². The maximum Gasteiger partial charge on any atom is 0.181 e. The van der Waals surface area contributed by atoms with Crippen molar-refractivity contribution in [3.63, 3.8) is 0 Å².